The summed E-state index contributed by atoms with van der Waals surface area (Å²) in [6, 6.07) is 4.25. The molecule has 1 saturated carbocycles. The van der Waals surface area contributed by atoms with Gasteiger partial charge in [0.1, 0.15) is 5.84 Å². The molecule has 2 aliphatic rings. The highest BCUT2D eigenvalue weighted by atomic mass is 16.1. The molecule has 172 valence electrons. The van der Waals surface area contributed by atoms with Gasteiger partial charge in [-0.3, -0.25) is 9.78 Å². The van der Waals surface area contributed by atoms with E-state index in [0.29, 0.717) is 17.3 Å². The molecular weight excluding hydrogens is 400 g/mol. The SMILES string of the molecule is CCC1(N/C=C(/C=O)C(N)=Nc2ccnc(C)c2)CCC(NCC2=CCC(N)C=C2)CC1. The Balaban J connectivity index is 1.56. The van der Waals surface area contributed by atoms with Gasteiger partial charge in [0, 0.05) is 42.3 Å². The van der Waals surface area contributed by atoms with Crippen LogP contribution in [-0.2, 0) is 4.79 Å². The van der Waals surface area contributed by atoms with Gasteiger partial charge >= 0.3 is 0 Å². The van der Waals surface area contributed by atoms with Crippen LogP contribution in [0, 0.1) is 6.92 Å². The normalized spacial score (nSPS) is 26.5. The van der Waals surface area contributed by atoms with E-state index in [1.54, 1.807) is 18.5 Å². The largest absolute Gasteiger partial charge is 0.385 e. The van der Waals surface area contributed by atoms with Crippen LogP contribution in [0.15, 0.2) is 58.9 Å². The van der Waals surface area contributed by atoms with Crippen molar-refractivity contribution in [3.63, 3.8) is 0 Å². The highest BCUT2D eigenvalue weighted by molar-refractivity contribution is 6.13. The Bertz CT molecular complexity index is 909. The fourth-order valence-electron chi connectivity index (χ4n) is 4.25. The summed E-state index contributed by atoms with van der Waals surface area (Å²) >= 11 is 0. The summed E-state index contributed by atoms with van der Waals surface area (Å²) in [4.78, 5) is 20.2. The molecule has 0 amide bonds. The molecule has 32 heavy (non-hydrogen) atoms. The molecule has 6 N–H and O–H groups in total. The van der Waals surface area contributed by atoms with Crippen LogP contribution < -0.4 is 22.1 Å². The number of nitrogens with two attached hydrogens (primary N) is 2. The Labute approximate surface area is 191 Å². The van der Waals surface area contributed by atoms with Crippen molar-refractivity contribution < 1.29 is 4.79 Å². The molecule has 1 unspecified atom stereocenters. The number of aryl methyl sites for hydroxylation is 1. The molecular formula is C25H36N6O. The maximum absolute atomic E-state index is 11.7. The van der Waals surface area contributed by atoms with Crippen molar-refractivity contribution in [2.24, 2.45) is 16.5 Å². The Morgan fingerprint density at radius 3 is 2.78 bits per heavy atom. The fourth-order valence-corrected chi connectivity index (χ4v) is 4.25. The van der Waals surface area contributed by atoms with E-state index < -0.39 is 0 Å². The standard InChI is InChI=1S/C25H36N6O/c1-3-25(11-8-22(9-12-25)29-15-19-4-6-21(26)7-5-19)30-16-20(17-32)24(27)31-23-10-13-28-18(2)14-23/h4-6,10,13-14,16-17,21-22,29-30H,3,7-9,11-12,15,26H2,1-2H3,(H2,27,28,31)/b20-16-. The topological polar surface area (TPSA) is 118 Å². The van der Waals surface area contributed by atoms with Gasteiger partial charge < -0.3 is 22.1 Å². The number of aromatic nitrogens is 1. The first kappa shape index (κ1) is 23.9. The van der Waals surface area contributed by atoms with E-state index in [-0.39, 0.29) is 17.4 Å². The summed E-state index contributed by atoms with van der Waals surface area (Å²) in [5.41, 5.74) is 15.2. The molecule has 3 rings (SSSR count). The maximum Gasteiger partial charge on any atom is 0.155 e. The summed E-state index contributed by atoms with van der Waals surface area (Å²) in [5.74, 6) is 0.202. The van der Waals surface area contributed by atoms with Crippen LogP contribution in [0.1, 0.15) is 51.1 Å². The van der Waals surface area contributed by atoms with Crippen molar-refractivity contribution in [1.29, 1.82) is 0 Å². The van der Waals surface area contributed by atoms with Crippen molar-refractivity contribution in [3.8, 4) is 0 Å². The molecule has 0 saturated heterocycles. The molecule has 0 aliphatic heterocycles. The molecule has 7 heteroatoms. The highest BCUT2D eigenvalue weighted by Crippen LogP contribution is 2.31. The average Bonchev–Trinajstić information content (AvgIpc) is 2.80. The third-order valence-corrected chi connectivity index (χ3v) is 6.51. The zero-order valence-electron chi connectivity index (χ0n) is 19.2. The first-order chi connectivity index (χ1) is 15.4. The summed E-state index contributed by atoms with van der Waals surface area (Å²) in [5, 5.41) is 7.20. The van der Waals surface area contributed by atoms with Crippen LogP contribution in [0.4, 0.5) is 5.69 Å². The van der Waals surface area contributed by atoms with E-state index in [1.807, 2.05) is 13.0 Å². The summed E-state index contributed by atoms with van der Waals surface area (Å²) in [7, 11) is 0. The molecule has 1 fully saturated rings. The molecule has 0 aromatic carbocycles. The molecule has 0 bridgehead atoms. The number of hydrogen-bond donors (Lipinski definition) is 4. The lowest BCUT2D eigenvalue weighted by atomic mass is 9.77. The van der Waals surface area contributed by atoms with Crippen LogP contribution in [0.25, 0.3) is 0 Å². The molecule has 0 spiro atoms. The molecule has 1 aromatic heterocycles. The smallest absolute Gasteiger partial charge is 0.155 e. The number of aldehydes is 1. The third-order valence-electron chi connectivity index (χ3n) is 6.51. The van der Waals surface area contributed by atoms with Crippen LogP contribution >= 0.6 is 0 Å². The average molecular weight is 437 g/mol. The van der Waals surface area contributed by atoms with Gasteiger partial charge in [-0.25, -0.2) is 4.99 Å². The first-order valence-electron chi connectivity index (χ1n) is 11.5. The van der Waals surface area contributed by atoms with Crippen LogP contribution in [0.5, 0.6) is 0 Å². The Hall–Kier alpha value is -2.77. The number of rotatable bonds is 9. The number of hydrogen-bond acceptors (Lipinski definition) is 6. The maximum atomic E-state index is 11.7. The number of carbonyl (C=O) groups is 1. The van der Waals surface area contributed by atoms with Gasteiger partial charge in [0.25, 0.3) is 0 Å². The lowest BCUT2D eigenvalue weighted by molar-refractivity contribution is -0.104. The van der Waals surface area contributed by atoms with Crippen LogP contribution in [-0.4, -0.2) is 41.3 Å². The predicted molar refractivity (Wildman–Crippen MR) is 131 cm³/mol. The first-order valence-corrected chi connectivity index (χ1v) is 11.5. The summed E-state index contributed by atoms with van der Waals surface area (Å²) in [6.07, 6.45) is 16.7. The monoisotopic (exact) mass is 436 g/mol. The second-order valence-electron chi connectivity index (χ2n) is 8.84. The van der Waals surface area contributed by atoms with Gasteiger partial charge in [0.2, 0.25) is 0 Å². The lowest BCUT2D eigenvalue weighted by Gasteiger charge is -2.40. The number of nitrogens with zero attached hydrogens (tertiary/aromatic N) is 2. The van der Waals surface area contributed by atoms with Crippen LogP contribution in [0.2, 0.25) is 0 Å². The van der Waals surface area contributed by atoms with E-state index in [4.69, 9.17) is 11.5 Å². The molecule has 1 atom stereocenters. The summed E-state index contributed by atoms with van der Waals surface area (Å²) in [6.45, 7) is 4.96. The highest BCUT2D eigenvalue weighted by Gasteiger charge is 2.33. The van der Waals surface area contributed by atoms with Crippen molar-refractivity contribution in [2.75, 3.05) is 6.54 Å². The Morgan fingerprint density at radius 2 is 2.16 bits per heavy atom. The van der Waals surface area contributed by atoms with Crippen molar-refractivity contribution in [2.45, 2.75) is 70.0 Å². The molecule has 0 radical (unpaired) electrons. The van der Waals surface area contributed by atoms with E-state index in [1.165, 1.54) is 5.57 Å². The van der Waals surface area contributed by atoms with E-state index in [0.717, 1.165) is 57.0 Å². The number of amidine groups is 1. The van der Waals surface area contributed by atoms with E-state index in [2.05, 4.69) is 45.8 Å². The van der Waals surface area contributed by atoms with E-state index >= 15 is 0 Å². The number of aliphatic imine (C=N–C) groups is 1. The minimum absolute atomic E-state index is 0.0310. The third kappa shape index (κ3) is 6.61. The zero-order chi connectivity index (χ0) is 23.0. The quantitative estimate of drug-likeness (QED) is 0.205. The van der Waals surface area contributed by atoms with E-state index in [9.17, 15) is 4.79 Å². The number of carbonyl (C=O) groups excluding carboxylic acids is 1. The molecule has 1 aromatic rings. The number of pyridine rings is 1. The second kappa shape index (κ2) is 11.2. The van der Waals surface area contributed by atoms with Gasteiger partial charge in [-0.2, -0.15) is 0 Å². The molecule has 2 aliphatic carbocycles. The number of nitrogens with one attached hydrogen (secondary N) is 2. The Kier molecular flexibility index (Phi) is 8.36. The van der Waals surface area contributed by atoms with Gasteiger partial charge in [-0.15, -0.1) is 0 Å². The second-order valence-corrected chi connectivity index (χ2v) is 8.84. The van der Waals surface area contributed by atoms with Crippen molar-refractivity contribution >= 4 is 17.8 Å². The van der Waals surface area contributed by atoms with Crippen LogP contribution in [0.3, 0.4) is 0 Å². The minimum atomic E-state index is -0.0310. The molecule has 1 heterocycles. The molecule has 7 nitrogen and oxygen atoms in total. The predicted octanol–water partition coefficient (Wildman–Crippen LogP) is 2.95. The van der Waals surface area contributed by atoms with Gasteiger partial charge in [0.15, 0.2) is 6.29 Å². The minimum Gasteiger partial charge on any atom is -0.385 e. The van der Waals surface area contributed by atoms with Crippen molar-refractivity contribution in [1.82, 2.24) is 15.6 Å². The lowest BCUT2D eigenvalue weighted by Crippen LogP contribution is -2.49. The van der Waals surface area contributed by atoms with Gasteiger partial charge in [-0.1, -0.05) is 25.2 Å². The summed E-state index contributed by atoms with van der Waals surface area (Å²) < 4.78 is 0. The fraction of sp³-hybridized carbons (Fsp3) is 0.480. The Morgan fingerprint density at radius 1 is 1.38 bits per heavy atom. The zero-order valence-corrected chi connectivity index (χ0v) is 19.2. The van der Waals surface area contributed by atoms with Gasteiger partial charge in [0.05, 0.1) is 11.3 Å². The van der Waals surface area contributed by atoms with Gasteiger partial charge in [-0.05, 0) is 63.2 Å². The van der Waals surface area contributed by atoms with Crippen molar-refractivity contribution in [3.05, 3.63) is 59.6 Å².